The van der Waals surface area contributed by atoms with Crippen molar-refractivity contribution in [3.05, 3.63) is 12.2 Å². The monoisotopic (exact) mass is 1210 g/mol. The zero-order valence-electron chi connectivity index (χ0n) is 58.8. The highest BCUT2D eigenvalue weighted by Gasteiger charge is 2.20. The molecule has 0 fully saturated rings. The summed E-state index contributed by atoms with van der Waals surface area (Å²) in [6.07, 6.45) is 96.1. The van der Waals surface area contributed by atoms with Gasteiger partial charge in [-0.3, -0.25) is 9.59 Å². The highest BCUT2D eigenvalue weighted by atomic mass is 16.5. The minimum absolute atomic E-state index is 0.0222. The Kier molecular flexibility index (Phi) is 74.8. The maximum absolute atomic E-state index is 12.5. The molecular formula is C80H157NO5. The predicted octanol–water partition coefficient (Wildman–Crippen LogP) is 26.3. The lowest BCUT2D eigenvalue weighted by molar-refractivity contribution is -0.143. The fourth-order valence-electron chi connectivity index (χ4n) is 13.0. The van der Waals surface area contributed by atoms with E-state index in [1.165, 1.54) is 392 Å². The van der Waals surface area contributed by atoms with Crippen LogP contribution in [0.15, 0.2) is 12.2 Å². The number of esters is 1. The van der Waals surface area contributed by atoms with E-state index in [0.717, 1.165) is 38.5 Å². The number of unbranched alkanes of at least 4 members (excludes halogenated alkanes) is 63. The first-order valence-electron chi connectivity index (χ1n) is 39.9. The fourth-order valence-corrected chi connectivity index (χ4v) is 13.0. The Hall–Kier alpha value is -1.40. The van der Waals surface area contributed by atoms with Crippen LogP contribution in [0.1, 0.15) is 463 Å². The van der Waals surface area contributed by atoms with Gasteiger partial charge in [-0.05, 0) is 51.4 Å². The van der Waals surface area contributed by atoms with E-state index in [1.807, 2.05) is 0 Å². The number of nitrogens with one attached hydrogen (secondary N) is 1. The van der Waals surface area contributed by atoms with Crippen LogP contribution in [0.2, 0.25) is 0 Å². The predicted molar refractivity (Wildman–Crippen MR) is 380 cm³/mol. The van der Waals surface area contributed by atoms with E-state index in [-0.39, 0.29) is 18.5 Å². The molecule has 0 rings (SSSR count). The van der Waals surface area contributed by atoms with Gasteiger partial charge in [0, 0.05) is 12.8 Å². The van der Waals surface area contributed by atoms with Gasteiger partial charge in [-0.2, -0.15) is 0 Å². The molecule has 2 unspecified atom stereocenters. The first-order valence-corrected chi connectivity index (χ1v) is 39.9. The molecule has 0 aliphatic heterocycles. The van der Waals surface area contributed by atoms with Gasteiger partial charge in [0.05, 0.1) is 25.4 Å². The molecule has 0 aliphatic carbocycles. The van der Waals surface area contributed by atoms with Gasteiger partial charge in [-0.25, -0.2) is 0 Å². The molecule has 0 heterocycles. The largest absolute Gasteiger partial charge is 0.466 e. The highest BCUT2D eigenvalue weighted by Crippen LogP contribution is 2.20. The summed E-state index contributed by atoms with van der Waals surface area (Å²) in [7, 11) is 0. The van der Waals surface area contributed by atoms with Gasteiger partial charge in [0.1, 0.15) is 0 Å². The molecule has 3 N–H and O–H groups in total. The molecule has 6 heteroatoms. The first kappa shape index (κ1) is 84.6. The summed E-state index contributed by atoms with van der Waals surface area (Å²) in [4.78, 5) is 24.6. The van der Waals surface area contributed by atoms with Crippen molar-refractivity contribution in [2.45, 2.75) is 475 Å². The summed E-state index contributed by atoms with van der Waals surface area (Å²) in [6, 6.07) is -0.535. The molecule has 0 saturated carbocycles. The van der Waals surface area contributed by atoms with Crippen LogP contribution in [0.4, 0.5) is 0 Å². The molecule has 0 aromatic rings. The Balaban J connectivity index is 3.26. The first-order chi connectivity index (χ1) is 42.5. The SMILES string of the molecule is CCCCCCCCC/C=C\CCCCCCCCCC(=O)OCCCCCCCCCCCCCCCCCCCCCCCCCCCCCCCCCCCCCCCCCC(=O)NC(CO)C(O)CCCCCCCCCCCCCC. The number of ether oxygens (including phenoxy) is 1. The van der Waals surface area contributed by atoms with E-state index in [0.29, 0.717) is 25.9 Å². The third kappa shape index (κ3) is 71.7. The minimum atomic E-state index is -0.658. The van der Waals surface area contributed by atoms with Crippen LogP contribution in [0.5, 0.6) is 0 Å². The van der Waals surface area contributed by atoms with Gasteiger partial charge in [-0.15, -0.1) is 0 Å². The number of rotatable bonds is 76. The van der Waals surface area contributed by atoms with Gasteiger partial charge in [0.2, 0.25) is 5.91 Å². The van der Waals surface area contributed by atoms with Crippen molar-refractivity contribution in [2.24, 2.45) is 0 Å². The minimum Gasteiger partial charge on any atom is -0.466 e. The van der Waals surface area contributed by atoms with Crippen molar-refractivity contribution in [1.82, 2.24) is 5.32 Å². The number of hydrogen-bond donors (Lipinski definition) is 3. The van der Waals surface area contributed by atoms with Crippen LogP contribution >= 0.6 is 0 Å². The van der Waals surface area contributed by atoms with Crippen LogP contribution < -0.4 is 5.32 Å². The van der Waals surface area contributed by atoms with Crippen LogP contribution in [-0.2, 0) is 14.3 Å². The Morgan fingerprint density at radius 1 is 0.314 bits per heavy atom. The number of aliphatic hydroxyl groups excluding tert-OH is 2. The molecule has 86 heavy (non-hydrogen) atoms. The molecule has 0 bridgehead atoms. The van der Waals surface area contributed by atoms with Crippen molar-refractivity contribution < 1.29 is 24.5 Å². The van der Waals surface area contributed by atoms with Crippen molar-refractivity contribution in [2.75, 3.05) is 13.2 Å². The van der Waals surface area contributed by atoms with Gasteiger partial charge in [0.15, 0.2) is 0 Å². The summed E-state index contributed by atoms with van der Waals surface area (Å²) in [5.74, 6) is -0.00417. The van der Waals surface area contributed by atoms with E-state index in [2.05, 4.69) is 31.3 Å². The van der Waals surface area contributed by atoms with E-state index in [1.54, 1.807) is 0 Å². The lowest BCUT2D eigenvalue weighted by Crippen LogP contribution is -2.45. The Bertz CT molecular complexity index is 1300. The Labute approximate surface area is 539 Å². The molecule has 0 radical (unpaired) electrons. The van der Waals surface area contributed by atoms with Gasteiger partial charge < -0.3 is 20.3 Å². The van der Waals surface area contributed by atoms with Crippen molar-refractivity contribution in [3.63, 3.8) is 0 Å². The average molecular weight is 1210 g/mol. The average Bonchev–Trinajstić information content (AvgIpc) is 3.53. The number of hydrogen-bond acceptors (Lipinski definition) is 5. The van der Waals surface area contributed by atoms with Crippen LogP contribution in [0.3, 0.4) is 0 Å². The second-order valence-corrected chi connectivity index (χ2v) is 27.8. The topological polar surface area (TPSA) is 95.9 Å². The number of allylic oxidation sites excluding steroid dienone is 2. The summed E-state index contributed by atoms with van der Waals surface area (Å²) < 4.78 is 5.52. The number of aliphatic hydroxyl groups is 2. The molecule has 2 atom stereocenters. The number of carbonyl (C=O) groups is 2. The fraction of sp³-hybridized carbons (Fsp3) is 0.950. The van der Waals surface area contributed by atoms with Crippen molar-refractivity contribution in [3.8, 4) is 0 Å². The molecule has 0 spiro atoms. The summed E-state index contributed by atoms with van der Waals surface area (Å²) in [6.45, 7) is 4.99. The third-order valence-electron chi connectivity index (χ3n) is 19.1. The van der Waals surface area contributed by atoms with Gasteiger partial charge in [-0.1, -0.05) is 411 Å². The summed E-state index contributed by atoms with van der Waals surface area (Å²) >= 11 is 0. The van der Waals surface area contributed by atoms with Crippen molar-refractivity contribution >= 4 is 11.9 Å². The maximum Gasteiger partial charge on any atom is 0.305 e. The van der Waals surface area contributed by atoms with E-state index in [4.69, 9.17) is 4.74 Å². The van der Waals surface area contributed by atoms with Crippen LogP contribution in [-0.4, -0.2) is 47.4 Å². The lowest BCUT2D eigenvalue weighted by atomic mass is 10.0. The second-order valence-electron chi connectivity index (χ2n) is 27.8. The van der Waals surface area contributed by atoms with Crippen LogP contribution in [0, 0.1) is 0 Å². The highest BCUT2D eigenvalue weighted by molar-refractivity contribution is 5.76. The second kappa shape index (κ2) is 76.1. The Morgan fingerprint density at radius 3 is 0.826 bits per heavy atom. The Morgan fingerprint density at radius 2 is 0.547 bits per heavy atom. The normalized spacial score (nSPS) is 12.5. The molecule has 0 aromatic heterocycles. The van der Waals surface area contributed by atoms with Crippen LogP contribution in [0.25, 0.3) is 0 Å². The summed E-state index contributed by atoms with van der Waals surface area (Å²) in [5.41, 5.74) is 0. The summed E-state index contributed by atoms with van der Waals surface area (Å²) in [5, 5.41) is 23.3. The van der Waals surface area contributed by atoms with E-state index >= 15 is 0 Å². The quantitative estimate of drug-likeness (QED) is 0.0320. The number of amides is 1. The smallest absolute Gasteiger partial charge is 0.305 e. The van der Waals surface area contributed by atoms with E-state index < -0.39 is 12.1 Å². The molecule has 1 amide bonds. The molecule has 6 nitrogen and oxygen atoms in total. The molecule has 512 valence electrons. The standard InChI is InChI=1S/C80H157NO5/c1-3-5-7-9-11-13-15-17-18-19-44-47-50-54-58-62-66-70-74-80(85)86-75-71-67-63-59-55-51-48-45-42-40-38-36-34-32-30-28-26-24-22-20-21-23-25-27-29-31-33-35-37-39-41-43-46-49-53-57-61-65-69-73-79(84)81-77(76-82)78(83)72-68-64-60-56-52-16-14-12-10-8-6-4-2/h18-19,77-78,82-83H,3-17,20-76H2,1-2H3,(H,81,84)/b19-18-. The van der Waals surface area contributed by atoms with E-state index in [9.17, 15) is 19.8 Å². The maximum atomic E-state index is 12.5. The van der Waals surface area contributed by atoms with Gasteiger partial charge in [0.25, 0.3) is 0 Å². The van der Waals surface area contributed by atoms with Crippen molar-refractivity contribution in [1.29, 1.82) is 0 Å². The van der Waals surface area contributed by atoms with Gasteiger partial charge >= 0.3 is 5.97 Å². The molecule has 0 saturated heterocycles. The number of carbonyl (C=O) groups excluding carboxylic acids is 2. The lowest BCUT2D eigenvalue weighted by Gasteiger charge is -2.22. The zero-order valence-corrected chi connectivity index (χ0v) is 58.8. The third-order valence-corrected chi connectivity index (χ3v) is 19.1. The zero-order chi connectivity index (χ0) is 62.0. The molecule has 0 aliphatic rings. The molecular weight excluding hydrogens is 1050 g/mol. The molecule has 0 aromatic carbocycles.